The van der Waals surface area contributed by atoms with E-state index in [1.165, 1.54) is 106 Å². The first kappa shape index (κ1) is 35.8. The maximum Gasteiger partial charge on any atom is 0.0640 e. The zero-order valence-electron chi connectivity index (χ0n) is 34.5. The Balaban J connectivity index is 1.07. The molecule has 2 aromatic heterocycles. The van der Waals surface area contributed by atoms with Gasteiger partial charge in [0.1, 0.15) is 0 Å². The third-order valence-corrected chi connectivity index (χ3v) is 15.8. The summed E-state index contributed by atoms with van der Waals surface area (Å²) >= 11 is 3.76. The third kappa shape index (κ3) is 5.18. The first-order valence-corrected chi connectivity index (χ1v) is 23.5. The van der Waals surface area contributed by atoms with E-state index in [0.29, 0.717) is 0 Å². The largest absolute Gasteiger partial charge is 0.308 e. The summed E-state index contributed by atoms with van der Waals surface area (Å²) < 4.78 is 5.16. The maximum atomic E-state index is 2.54. The van der Waals surface area contributed by atoms with Crippen molar-refractivity contribution in [2.24, 2.45) is 0 Å². The van der Waals surface area contributed by atoms with Crippen LogP contribution in [0.15, 0.2) is 218 Å². The van der Waals surface area contributed by atoms with E-state index in [0.717, 1.165) is 22.7 Å². The lowest BCUT2D eigenvalue weighted by atomic mass is 9.91. The Morgan fingerprint density at radius 2 is 0.562 bits per heavy atom. The minimum atomic E-state index is 1.16. The summed E-state index contributed by atoms with van der Waals surface area (Å²) in [4.78, 5) is 5.08. The van der Waals surface area contributed by atoms with Crippen LogP contribution in [0.2, 0.25) is 0 Å². The van der Waals surface area contributed by atoms with Crippen molar-refractivity contribution in [3.8, 4) is 0 Å². The van der Waals surface area contributed by atoms with E-state index < -0.39 is 0 Å². The molecule has 0 unspecified atom stereocenters. The molecule has 64 heavy (non-hydrogen) atoms. The third-order valence-electron chi connectivity index (χ3n) is 13.4. The van der Waals surface area contributed by atoms with Crippen molar-refractivity contribution >= 4 is 151 Å². The quantitative estimate of drug-likeness (QED) is 0.154. The Labute approximate surface area is 377 Å². The van der Waals surface area contributed by atoms with Gasteiger partial charge in [0, 0.05) is 52.5 Å². The second kappa shape index (κ2) is 13.9. The lowest BCUT2D eigenvalue weighted by Gasteiger charge is -2.30. The van der Waals surface area contributed by atoms with Crippen LogP contribution in [0.25, 0.3) is 94.2 Å². The number of rotatable bonds is 6. The Morgan fingerprint density at radius 1 is 0.219 bits per heavy atom. The second-order valence-corrected chi connectivity index (χ2v) is 18.9. The summed E-state index contributed by atoms with van der Waals surface area (Å²) in [6, 6.07) is 81.1. The van der Waals surface area contributed by atoms with Crippen LogP contribution in [0.3, 0.4) is 0 Å². The highest BCUT2D eigenvalue weighted by molar-refractivity contribution is 7.26. The Hall–Kier alpha value is -7.76. The molecule has 4 heteroatoms. The van der Waals surface area contributed by atoms with Crippen molar-refractivity contribution in [1.29, 1.82) is 0 Å². The monoisotopic (exact) mass is 848 g/mol. The van der Waals surface area contributed by atoms with Crippen molar-refractivity contribution in [2.75, 3.05) is 9.80 Å². The van der Waals surface area contributed by atoms with E-state index in [1.54, 1.807) is 0 Å². The minimum absolute atomic E-state index is 1.16. The first-order valence-electron chi connectivity index (χ1n) is 21.8. The zero-order chi connectivity index (χ0) is 41.9. The van der Waals surface area contributed by atoms with Crippen LogP contribution in [-0.2, 0) is 0 Å². The SMILES string of the molecule is c1ccc2c(N(c3ccc4ccc5c(N(c6cccc7ccccc67)c6cccc7c6sc6ccccc67)ccc6ccc3c4c65)c3cccc4c3sc3ccccc34)cccc2c1. The highest BCUT2D eigenvalue weighted by Crippen LogP contribution is 2.52. The molecule has 14 rings (SSSR count). The molecule has 0 saturated heterocycles. The molecule has 0 N–H and O–H groups in total. The van der Waals surface area contributed by atoms with Gasteiger partial charge in [0.15, 0.2) is 0 Å². The molecular formula is C60H36N2S2. The van der Waals surface area contributed by atoms with Crippen LogP contribution >= 0.6 is 22.7 Å². The predicted molar refractivity (Wildman–Crippen MR) is 280 cm³/mol. The van der Waals surface area contributed by atoms with Gasteiger partial charge in [0.05, 0.1) is 43.5 Å². The number of anilines is 6. The summed E-state index contributed by atoms with van der Waals surface area (Å²) in [6.45, 7) is 0. The van der Waals surface area contributed by atoms with Gasteiger partial charge in [-0.25, -0.2) is 0 Å². The minimum Gasteiger partial charge on any atom is -0.308 e. The normalized spacial score (nSPS) is 12.1. The van der Waals surface area contributed by atoms with Gasteiger partial charge >= 0.3 is 0 Å². The molecule has 0 amide bonds. The number of benzene rings is 12. The average Bonchev–Trinajstić information content (AvgIpc) is 3.94. The van der Waals surface area contributed by atoms with Crippen LogP contribution in [0.1, 0.15) is 0 Å². The molecule has 2 nitrogen and oxygen atoms in total. The number of nitrogens with zero attached hydrogens (tertiary/aromatic N) is 2. The molecule has 0 saturated carbocycles. The van der Waals surface area contributed by atoms with Gasteiger partial charge < -0.3 is 9.80 Å². The lowest BCUT2D eigenvalue weighted by molar-refractivity contribution is 1.33. The topological polar surface area (TPSA) is 6.48 Å². The lowest BCUT2D eigenvalue weighted by Crippen LogP contribution is -2.12. The number of hydrogen-bond donors (Lipinski definition) is 0. The fourth-order valence-electron chi connectivity index (χ4n) is 10.6. The fraction of sp³-hybridized carbons (Fsp3) is 0. The van der Waals surface area contributed by atoms with Crippen LogP contribution in [0.4, 0.5) is 34.1 Å². The summed E-state index contributed by atoms with van der Waals surface area (Å²) in [5, 5.41) is 17.5. The van der Waals surface area contributed by atoms with Crippen molar-refractivity contribution in [1.82, 2.24) is 0 Å². The van der Waals surface area contributed by atoms with Crippen molar-refractivity contribution in [3.63, 3.8) is 0 Å². The van der Waals surface area contributed by atoms with Crippen molar-refractivity contribution in [3.05, 3.63) is 218 Å². The molecule has 0 aliphatic heterocycles. The van der Waals surface area contributed by atoms with E-state index in [1.807, 2.05) is 22.7 Å². The van der Waals surface area contributed by atoms with E-state index in [4.69, 9.17) is 0 Å². The molecule has 14 aromatic rings. The molecule has 0 aliphatic rings. The molecular weight excluding hydrogens is 813 g/mol. The van der Waals surface area contributed by atoms with Gasteiger partial charge in [0.2, 0.25) is 0 Å². The molecule has 12 aromatic carbocycles. The highest BCUT2D eigenvalue weighted by atomic mass is 32.1. The molecule has 0 fully saturated rings. The van der Waals surface area contributed by atoms with E-state index in [9.17, 15) is 0 Å². The van der Waals surface area contributed by atoms with Gasteiger partial charge in [-0.1, -0.05) is 170 Å². The van der Waals surface area contributed by atoms with E-state index in [-0.39, 0.29) is 0 Å². The van der Waals surface area contributed by atoms with Gasteiger partial charge in [-0.3, -0.25) is 0 Å². The molecule has 2 heterocycles. The summed E-state index contributed by atoms with van der Waals surface area (Å²) in [6.07, 6.45) is 0. The molecule has 0 aliphatic carbocycles. The fourth-order valence-corrected chi connectivity index (χ4v) is 13.0. The first-order chi connectivity index (χ1) is 31.8. The van der Waals surface area contributed by atoms with Gasteiger partial charge in [0.25, 0.3) is 0 Å². The molecule has 0 spiro atoms. The molecule has 0 radical (unpaired) electrons. The Morgan fingerprint density at radius 3 is 1.05 bits per heavy atom. The standard InChI is InChI=1S/C60H36N2S2/c1-3-17-41-37(13-1)15-9-23-49(41)61(53-25-11-21-45-43-19-5-7-27-55(43)63-59(45)53)51-35-31-39-30-34-48-52(36-32-40-29-33-47(51)57(39)58(40)48)62(50-24-10-16-38-14-2-4-18-42(38)50)54-26-12-22-46-44-20-6-8-28-56(44)64-60(46)54/h1-36H. The van der Waals surface area contributed by atoms with Gasteiger partial charge in [-0.2, -0.15) is 0 Å². The van der Waals surface area contributed by atoms with Crippen LogP contribution in [-0.4, -0.2) is 0 Å². The van der Waals surface area contributed by atoms with Crippen LogP contribution in [0, 0.1) is 0 Å². The summed E-state index contributed by atoms with van der Waals surface area (Å²) in [7, 11) is 0. The average molecular weight is 849 g/mol. The smallest absolute Gasteiger partial charge is 0.0640 e. The zero-order valence-corrected chi connectivity index (χ0v) is 36.1. The predicted octanol–water partition coefficient (Wildman–Crippen LogP) is 18.6. The van der Waals surface area contributed by atoms with Crippen LogP contribution in [0.5, 0.6) is 0 Å². The molecule has 298 valence electrons. The molecule has 0 bridgehead atoms. The number of fused-ring (bicyclic) bond motifs is 8. The van der Waals surface area contributed by atoms with Crippen molar-refractivity contribution < 1.29 is 0 Å². The number of hydrogen-bond acceptors (Lipinski definition) is 4. The Kier molecular flexibility index (Phi) is 7.76. The van der Waals surface area contributed by atoms with Crippen LogP contribution < -0.4 is 9.80 Å². The highest BCUT2D eigenvalue weighted by Gasteiger charge is 2.26. The Bertz CT molecular complexity index is 3900. The molecule has 0 atom stereocenters. The second-order valence-electron chi connectivity index (χ2n) is 16.8. The maximum absolute atomic E-state index is 2.54. The summed E-state index contributed by atoms with van der Waals surface area (Å²) in [5.41, 5.74) is 7.02. The summed E-state index contributed by atoms with van der Waals surface area (Å²) in [5.74, 6) is 0. The van der Waals surface area contributed by atoms with E-state index >= 15 is 0 Å². The van der Waals surface area contributed by atoms with Gasteiger partial charge in [-0.15, -0.1) is 22.7 Å². The van der Waals surface area contributed by atoms with Gasteiger partial charge in [-0.05, 0) is 80.8 Å². The van der Waals surface area contributed by atoms with E-state index in [2.05, 4.69) is 228 Å². The van der Waals surface area contributed by atoms with Crippen molar-refractivity contribution in [2.45, 2.75) is 0 Å². The number of thiophene rings is 2.